The lowest BCUT2D eigenvalue weighted by molar-refractivity contribution is 0.0856. The summed E-state index contributed by atoms with van der Waals surface area (Å²) < 4.78 is 1.00. The summed E-state index contributed by atoms with van der Waals surface area (Å²) in [5, 5.41) is 19.0. The molecule has 0 spiro atoms. The molecule has 1 aromatic rings. The summed E-state index contributed by atoms with van der Waals surface area (Å²) >= 11 is 2.19. The lowest BCUT2D eigenvalue weighted by Gasteiger charge is -2.41. The minimum absolute atomic E-state index is 0.0382. The Kier molecular flexibility index (Phi) is 3.32. The summed E-state index contributed by atoms with van der Waals surface area (Å²) in [6.45, 7) is 0. The Morgan fingerprint density at radius 2 is 2.10 bits per heavy atom. The topological polar surface area (TPSA) is 77.2 Å². The Bertz CT molecular complexity index is 584. The number of aromatic nitrogens is 1. The second-order valence-electron chi connectivity index (χ2n) is 5.57. The van der Waals surface area contributed by atoms with Crippen molar-refractivity contribution in [1.82, 2.24) is 9.88 Å². The zero-order valence-electron chi connectivity index (χ0n) is 10.8. The van der Waals surface area contributed by atoms with Gasteiger partial charge >= 0.3 is 6.09 Å². The van der Waals surface area contributed by atoms with Crippen LogP contribution in [0.25, 0.3) is 0 Å². The molecule has 1 aromatic heterocycles. The maximum absolute atomic E-state index is 11.3. The number of hydrogen-bond donors (Lipinski definition) is 1. The molecule has 0 aromatic carbocycles. The van der Waals surface area contributed by atoms with Gasteiger partial charge in [-0.25, -0.2) is 4.79 Å². The highest BCUT2D eigenvalue weighted by Gasteiger charge is 2.51. The summed E-state index contributed by atoms with van der Waals surface area (Å²) in [6.07, 6.45) is 5.53. The third kappa shape index (κ3) is 2.04. The molecular weight excluding hydrogens is 369 g/mol. The van der Waals surface area contributed by atoms with Crippen LogP contribution in [0.4, 0.5) is 4.79 Å². The molecule has 3 heterocycles. The van der Waals surface area contributed by atoms with Crippen LogP contribution in [0.1, 0.15) is 31.2 Å². The molecule has 2 aliphatic heterocycles. The minimum atomic E-state index is -0.857. The van der Waals surface area contributed by atoms with Crippen LogP contribution in [0.15, 0.2) is 18.5 Å². The van der Waals surface area contributed by atoms with Gasteiger partial charge in [0.15, 0.2) is 0 Å². The first-order chi connectivity index (χ1) is 9.55. The van der Waals surface area contributed by atoms with E-state index in [1.165, 1.54) is 0 Å². The molecular formula is C14H14IN3O2. The number of carbonyl (C=O) groups is 1. The Balaban J connectivity index is 1.98. The van der Waals surface area contributed by atoms with Crippen molar-refractivity contribution < 1.29 is 9.90 Å². The van der Waals surface area contributed by atoms with Crippen LogP contribution in [-0.2, 0) is 5.41 Å². The Hall–Kier alpha value is -1.36. The Morgan fingerprint density at radius 3 is 2.60 bits per heavy atom. The quantitative estimate of drug-likeness (QED) is 0.757. The standard InChI is InChI=1S/C14H14IN3O2/c15-10-3-9(6-17-7-10)14(8-16)4-11-1-2-12(5-14)18(11)13(19)20/h3,6-7,11-12H,1-2,4-5H2,(H,19,20)/t11-,12+,14?. The number of amides is 1. The zero-order chi connectivity index (χ0) is 14.3. The zero-order valence-corrected chi connectivity index (χ0v) is 12.9. The number of nitrogens with zero attached hydrogens (tertiary/aromatic N) is 3. The molecule has 0 saturated carbocycles. The molecule has 5 nitrogen and oxygen atoms in total. The molecule has 6 heteroatoms. The molecule has 0 aliphatic carbocycles. The molecule has 2 saturated heterocycles. The molecule has 2 aliphatic rings. The first kappa shape index (κ1) is 13.6. The molecule has 3 atom stereocenters. The van der Waals surface area contributed by atoms with E-state index in [4.69, 9.17) is 0 Å². The van der Waals surface area contributed by atoms with Crippen molar-refractivity contribution in [2.24, 2.45) is 0 Å². The third-order valence-electron chi connectivity index (χ3n) is 4.48. The molecule has 3 rings (SSSR count). The summed E-state index contributed by atoms with van der Waals surface area (Å²) in [4.78, 5) is 17.1. The number of halogens is 1. The smallest absolute Gasteiger partial charge is 0.407 e. The van der Waals surface area contributed by atoms with Crippen molar-refractivity contribution in [2.75, 3.05) is 0 Å². The Labute approximate surface area is 130 Å². The van der Waals surface area contributed by atoms with Gasteiger partial charge in [-0.1, -0.05) is 0 Å². The molecule has 2 fully saturated rings. The predicted molar refractivity (Wildman–Crippen MR) is 80.2 cm³/mol. The highest BCUT2D eigenvalue weighted by Crippen LogP contribution is 2.46. The van der Waals surface area contributed by atoms with Crippen LogP contribution in [-0.4, -0.2) is 33.2 Å². The number of carboxylic acid groups (broad SMARTS) is 1. The maximum Gasteiger partial charge on any atom is 0.407 e. The van der Waals surface area contributed by atoms with Gasteiger partial charge < -0.3 is 10.0 Å². The van der Waals surface area contributed by atoms with Gasteiger partial charge in [-0.05, 0) is 59.9 Å². The van der Waals surface area contributed by atoms with Gasteiger partial charge in [0.2, 0.25) is 0 Å². The van der Waals surface area contributed by atoms with Gasteiger partial charge in [-0.15, -0.1) is 0 Å². The van der Waals surface area contributed by atoms with Gasteiger partial charge in [-0.3, -0.25) is 4.98 Å². The first-order valence-corrected chi connectivity index (χ1v) is 7.67. The van der Waals surface area contributed by atoms with Crippen molar-refractivity contribution in [2.45, 2.75) is 43.2 Å². The van der Waals surface area contributed by atoms with Gasteiger partial charge in [0.05, 0.1) is 11.5 Å². The molecule has 104 valence electrons. The summed E-state index contributed by atoms with van der Waals surface area (Å²) in [7, 11) is 0. The van der Waals surface area contributed by atoms with Crippen LogP contribution in [0.5, 0.6) is 0 Å². The fourth-order valence-electron chi connectivity index (χ4n) is 3.63. The number of pyridine rings is 1. The van der Waals surface area contributed by atoms with E-state index in [-0.39, 0.29) is 12.1 Å². The average Bonchev–Trinajstić information content (AvgIpc) is 2.71. The van der Waals surface area contributed by atoms with Crippen LogP contribution in [0, 0.1) is 14.9 Å². The number of hydrogen-bond acceptors (Lipinski definition) is 3. The largest absolute Gasteiger partial charge is 0.465 e. The first-order valence-electron chi connectivity index (χ1n) is 6.59. The van der Waals surface area contributed by atoms with Crippen molar-refractivity contribution >= 4 is 28.7 Å². The molecule has 1 amide bonds. The minimum Gasteiger partial charge on any atom is -0.465 e. The molecule has 1 unspecified atom stereocenters. The van der Waals surface area contributed by atoms with E-state index in [1.54, 1.807) is 17.3 Å². The number of nitriles is 1. The van der Waals surface area contributed by atoms with E-state index in [2.05, 4.69) is 33.6 Å². The summed E-state index contributed by atoms with van der Waals surface area (Å²) in [6, 6.07) is 4.37. The highest BCUT2D eigenvalue weighted by atomic mass is 127. The predicted octanol–water partition coefficient (Wildman–Crippen LogP) is 2.75. The lowest BCUT2D eigenvalue weighted by atomic mass is 9.71. The molecule has 20 heavy (non-hydrogen) atoms. The fraction of sp³-hybridized carbons (Fsp3) is 0.500. The normalized spacial score (nSPS) is 31.9. The van der Waals surface area contributed by atoms with E-state index in [1.807, 2.05) is 6.07 Å². The van der Waals surface area contributed by atoms with Crippen molar-refractivity contribution in [3.8, 4) is 6.07 Å². The second-order valence-corrected chi connectivity index (χ2v) is 6.81. The maximum atomic E-state index is 11.3. The second kappa shape index (κ2) is 4.88. The van der Waals surface area contributed by atoms with Crippen LogP contribution >= 0.6 is 22.6 Å². The molecule has 2 bridgehead atoms. The van der Waals surface area contributed by atoms with Crippen molar-refractivity contribution in [1.29, 1.82) is 5.26 Å². The van der Waals surface area contributed by atoms with E-state index in [0.717, 1.165) is 22.0 Å². The fourth-order valence-corrected chi connectivity index (χ4v) is 4.12. The van der Waals surface area contributed by atoms with E-state index >= 15 is 0 Å². The summed E-state index contributed by atoms with van der Waals surface area (Å²) in [5.41, 5.74) is 0.334. The van der Waals surface area contributed by atoms with Crippen LogP contribution in [0.3, 0.4) is 0 Å². The van der Waals surface area contributed by atoms with E-state index < -0.39 is 11.5 Å². The number of piperidine rings is 1. The van der Waals surface area contributed by atoms with Crippen LogP contribution in [0.2, 0.25) is 0 Å². The van der Waals surface area contributed by atoms with Gasteiger partial charge in [0.25, 0.3) is 0 Å². The van der Waals surface area contributed by atoms with Gasteiger partial charge in [0, 0.05) is 28.0 Å². The SMILES string of the molecule is N#CC1(c2cncc(I)c2)C[C@H]2CC[C@@H](C1)N2C(=O)O. The van der Waals surface area contributed by atoms with Gasteiger partial charge in [0.1, 0.15) is 0 Å². The van der Waals surface area contributed by atoms with E-state index in [0.29, 0.717) is 12.8 Å². The van der Waals surface area contributed by atoms with Gasteiger partial charge in [-0.2, -0.15) is 5.26 Å². The number of rotatable bonds is 1. The third-order valence-corrected chi connectivity index (χ3v) is 5.07. The van der Waals surface area contributed by atoms with E-state index in [9.17, 15) is 15.2 Å². The highest BCUT2D eigenvalue weighted by molar-refractivity contribution is 14.1. The average molecular weight is 383 g/mol. The summed E-state index contributed by atoms with van der Waals surface area (Å²) in [5.74, 6) is 0. The van der Waals surface area contributed by atoms with Crippen molar-refractivity contribution in [3.05, 3.63) is 27.6 Å². The lowest BCUT2D eigenvalue weighted by Crippen LogP contribution is -2.51. The van der Waals surface area contributed by atoms with Crippen LogP contribution < -0.4 is 0 Å². The molecule has 1 N–H and O–H groups in total. The monoisotopic (exact) mass is 383 g/mol. The van der Waals surface area contributed by atoms with Crippen molar-refractivity contribution in [3.63, 3.8) is 0 Å². The Morgan fingerprint density at radius 1 is 1.45 bits per heavy atom. The number of fused-ring (bicyclic) bond motifs is 2. The molecule has 0 radical (unpaired) electrons.